The molecule has 1 fully saturated rings. The standard InChI is InChI=1S/C16H18N2O3/c1-3-9-21-14-8-5-12(10-15(14)20-4-2)11-17-18-16(19)13-6-7-13/h1,5,8,10-11,13H,4,6-7,9H2,2H3,(H,18,19)/b17-11-. The summed E-state index contributed by atoms with van der Waals surface area (Å²) in [6, 6.07) is 5.38. The molecule has 110 valence electrons. The van der Waals surface area contributed by atoms with E-state index in [0.717, 1.165) is 18.4 Å². The average Bonchev–Trinajstić information content (AvgIpc) is 3.31. The van der Waals surface area contributed by atoms with Gasteiger partial charge in [0.25, 0.3) is 0 Å². The summed E-state index contributed by atoms with van der Waals surface area (Å²) in [7, 11) is 0. The van der Waals surface area contributed by atoms with Gasteiger partial charge in [0.05, 0.1) is 12.8 Å². The molecule has 2 rings (SSSR count). The molecule has 0 unspecified atom stereocenters. The van der Waals surface area contributed by atoms with Crippen LogP contribution in [0.4, 0.5) is 0 Å². The number of benzene rings is 1. The van der Waals surface area contributed by atoms with Gasteiger partial charge in [-0.2, -0.15) is 5.10 Å². The first-order chi connectivity index (χ1) is 10.2. The van der Waals surface area contributed by atoms with Gasteiger partial charge in [-0.15, -0.1) is 6.42 Å². The van der Waals surface area contributed by atoms with Crippen molar-refractivity contribution in [2.75, 3.05) is 13.2 Å². The lowest BCUT2D eigenvalue weighted by Crippen LogP contribution is -2.18. The fraction of sp³-hybridized carbons (Fsp3) is 0.375. The van der Waals surface area contributed by atoms with Crippen molar-refractivity contribution < 1.29 is 14.3 Å². The van der Waals surface area contributed by atoms with Gasteiger partial charge >= 0.3 is 0 Å². The van der Waals surface area contributed by atoms with Crippen molar-refractivity contribution in [1.29, 1.82) is 0 Å². The Balaban J connectivity index is 2.01. The van der Waals surface area contributed by atoms with Gasteiger partial charge in [0.1, 0.15) is 6.61 Å². The molecule has 1 aliphatic carbocycles. The number of ether oxygens (including phenoxy) is 2. The fourth-order valence-electron chi connectivity index (χ4n) is 1.72. The second-order valence-corrected chi connectivity index (χ2v) is 4.64. The number of amides is 1. The molecule has 1 amide bonds. The van der Waals surface area contributed by atoms with Gasteiger partial charge in [0, 0.05) is 5.92 Å². The second kappa shape index (κ2) is 7.34. The molecule has 0 aliphatic heterocycles. The SMILES string of the molecule is C#CCOc1ccc(/C=N\NC(=O)C2CC2)cc1OCC. The number of nitrogens with one attached hydrogen (secondary N) is 1. The van der Waals surface area contributed by atoms with Gasteiger partial charge in [-0.1, -0.05) is 5.92 Å². The molecule has 5 heteroatoms. The Labute approximate surface area is 124 Å². The highest BCUT2D eigenvalue weighted by molar-refractivity contribution is 5.84. The highest BCUT2D eigenvalue weighted by atomic mass is 16.5. The second-order valence-electron chi connectivity index (χ2n) is 4.64. The summed E-state index contributed by atoms with van der Waals surface area (Å²) in [5.74, 6) is 3.72. The molecule has 5 nitrogen and oxygen atoms in total. The van der Waals surface area contributed by atoms with Crippen LogP contribution in [0.3, 0.4) is 0 Å². The van der Waals surface area contributed by atoms with Crippen molar-refractivity contribution in [2.24, 2.45) is 11.0 Å². The molecule has 21 heavy (non-hydrogen) atoms. The highest BCUT2D eigenvalue weighted by Gasteiger charge is 2.29. The molecule has 0 saturated heterocycles. The van der Waals surface area contributed by atoms with E-state index in [4.69, 9.17) is 15.9 Å². The maximum atomic E-state index is 11.4. The molecule has 1 aliphatic rings. The molecule has 0 spiro atoms. The van der Waals surface area contributed by atoms with Gasteiger partial charge in [0.2, 0.25) is 5.91 Å². The Morgan fingerprint density at radius 1 is 1.48 bits per heavy atom. The van der Waals surface area contributed by atoms with E-state index in [2.05, 4.69) is 16.4 Å². The van der Waals surface area contributed by atoms with E-state index in [0.29, 0.717) is 18.1 Å². The molecule has 0 radical (unpaired) electrons. The van der Waals surface area contributed by atoms with Crippen molar-refractivity contribution >= 4 is 12.1 Å². The third-order valence-corrected chi connectivity index (χ3v) is 2.92. The molecule has 1 aromatic rings. The zero-order chi connectivity index (χ0) is 15.1. The number of carbonyl (C=O) groups is 1. The Hall–Kier alpha value is -2.48. The fourth-order valence-corrected chi connectivity index (χ4v) is 1.72. The number of carbonyl (C=O) groups excluding carboxylic acids is 1. The molecule has 0 aromatic heterocycles. The lowest BCUT2D eigenvalue weighted by atomic mass is 10.2. The van der Waals surface area contributed by atoms with Crippen LogP contribution in [-0.4, -0.2) is 25.3 Å². The van der Waals surface area contributed by atoms with Gasteiger partial charge < -0.3 is 9.47 Å². The summed E-state index contributed by atoms with van der Waals surface area (Å²) in [5.41, 5.74) is 3.33. The third kappa shape index (κ3) is 4.53. The molecule has 1 N–H and O–H groups in total. The molecular weight excluding hydrogens is 268 g/mol. The van der Waals surface area contributed by atoms with E-state index in [1.807, 2.05) is 13.0 Å². The average molecular weight is 286 g/mol. The Morgan fingerprint density at radius 2 is 2.29 bits per heavy atom. The number of hydrazone groups is 1. The van der Waals surface area contributed by atoms with Crippen LogP contribution in [0.15, 0.2) is 23.3 Å². The van der Waals surface area contributed by atoms with Crippen LogP contribution in [-0.2, 0) is 4.79 Å². The van der Waals surface area contributed by atoms with Crippen LogP contribution in [0.2, 0.25) is 0 Å². The normalized spacial score (nSPS) is 13.7. The number of terminal acetylenes is 1. The number of hydrogen-bond donors (Lipinski definition) is 1. The summed E-state index contributed by atoms with van der Waals surface area (Å²) in [5, 5.41) is 3.94. The summed E-state index contributed by atoms with van der Waals surface area (Å²) >= 11 is 0. The maximum Gasteiger partial charge on any atom is 0.243 e. The lowest BCUT2D eigenvalue weighted by molar-refractivity contribution is -0.122. The first-order valence-electron chi connectivity index (χ1n) is 6.90. The molecule has 1 saturated carbocycles. The summed E-state index contributed by atoms with van der Waals surface area (Å²) in [4.78, 5) is 11.4. The molecule has 0 bridgehead atoms. The highest BCUT2D eigenvalue weighted by Crippen LogP contribution is 2.29. The van der Waals surface area contributed by atoms with Gasteiger partial charge in [-0.3, -0.25) is 4.79 Å². The zero-order valence-corrected chi connectivity index (χ0v) is 12.0. The van der Waals surface area contributed by atoms with Crippen LogP contribution >= 0.6 is 0 Å². The lowest BCUT2D eigenvalue weighted by Gasteiger charge is -2.10. The predicted molar refractivity (Wildman–Crippen MR) is 80.4 cm³/mol. The number of rotatable bonds is 7. The quantitative estimate of drug-likeness (QED) is 0.473. The molecule has 0 atom stereocenters. The van der Waals surface area contributed by atoms with E-state index >= 15 is 0 Å². The maximum absolute atomic E-state index is 11.4. The largest absolute Gasteiger partial charge is 0.490 e. The minimum absolute atomic E-state index is 0.0229. The van der Waals surface area contributed by atoms with Crippen LogP contribution in [0.1, 0.15) is 25.3 Å². The van der Waals surface area contributed by atoms with E-state index in [9.17, 15) is 4.79 Å². The van der Waals surface area contributed by atoms with Crippen molar-refractivity contribution in [3.8, 4) is 23.8 Å². The Kier molecular flexibility index (Phi) is 5.22. The van der Waals surface area contributed by atoms with Gasteiger partial charge in [-0.05, 0) is 43.5 Å². The first kappa shape index (κ1) is 14.9. The van der Waals surface area contributed by atoms with E-state index in [1.165, 1.54) is 0 Å². The van der Waals surface area contributed by atoms with Crippen LogP contribution in [0, 0.1) is 18.3 Å². The van der Waals surface area contributed by atoms with E-state index in [1.54, 1.807) is 18.3 Å². The first-order valence-corrected chi connectivity index (χ1v) is 6.90. The minimum atomic E-state index is -0.0229. The number of hydrogen-bond acceptors (Lipinski definition) is 4. The number of nitrogens with zero attached hydrogens (tertiary/aromatic N) is 1. The smallest absolute Gasteiger partial charge is 0.243 e. The zero-order valence-electron chi connectivity index (χ0n) is 12.0. The molecule has 1 aromatic carbocycles. The van der Waals surface area contributed by atoms with Crippen molar-refractivity contribution in [1.82, 2.24) is 5.43 Å². The van der Waals surface area contributed by atoms with Crippen LogP contribution < -0.4 is 14.9 Å². The predicted octanol–water partition coefficient (Wildman–Crippen LogP) is 1.96. The Morgan fingerprint density at radius 3 is 2.95 bits per heavy atom. The van der Waals surface area contributed by atoms with Crippen molar-refractivity contribution in [2.45, 2.75) is 19.8 Å². The summed E-state index contributed by atoms with van der Waals surface area (Å²) in [6.45, 7) is 2.60. The van der Waals surface area contributed by atoms with E-state index in [-0.39, 0.29) is 18.4 Å². The van der Waals surface area contributed by atoms with E-state index < -0.39 is 0 Å². The molecular formula is C16H18N2O3. The third-order valence-electron chi connectivity index (χ3n) is 2.92. The topological polar surface area (TPSA) is 59.9 Å². The monoisotopic (exact) mass is 286 g/mol. The van der Waals surface area contributed by atoms with Gasteiger partial charge in [-0.25, -0.2) is 5.43 Å². The Bertz CT molecular complexity index is 571. The van der Waals surface area contributed by atoms with Crippen molar-refractivity contribution in [3.05, 3.63) is 23.8 Å². The van der Waals surface area contributed by atoms with Crippen LogP contribution in [0.25, 0.3) is 0 Å². The summed E-state index contributed by atoms with van der Waals surface area (Å²) in [6.07, 6.45) is 8.66. The van der Waals surface area contributed by atoms with Crippen molar-refractivity contribution in [3.63, 3.8) is 0 Å². The minimum Gasteiger partial charge on any atom is -0.490 e. The van der Waals surface area contributed by atoms with Gasteiger partial charge in [0.15, 0.2) is 11.5 Å². The van der Waals surface area contributed by atoms with Crippen LogP contribution in [0.5, 0.6) is 11.5 Å². The molecule has 0 heterocycles. The summed E-state index contributed by atoms with van der Waals surface area (Å²) < 4.78 is 10.9.